The van der Waals surface area contributed by atoms with Crippen LogP contribution in [0.15, 0.2) is 58.0 Å². The van der Waals surface area contributed by atoms with E-state index in [4.69, 9.17) is 16.0 Å². The van der Waals surface area contributed by atoms with E-state index in [9.17, 15) is 4.79 Å². The smallest absolute Gasteiger partial charge is 0.345 e. The molecule has 0 unspecified atom stereocenters. The number of aromatic nitrogens is 2. The van der Waals surface area contributed by atoms with Gasteiger partial charge in [0.15, 0.2) is 5.65 Å². The fraction of sp³-hybridized carbons (Fsp3) is 0.273. The molecule has 0 amide bonds. The molecule has 1 saturated heterocycles. The molecular formula is C22H21ClN4O2. The van der Waals surface area contributed by atoms with Gasteiger partial charge in [0.05, 0.1) is 16.3 Å². The zero-order valence-corrected chi connectivity index (χ0v) is 17.1. The Kier molecular flexibility index (Phi) is 4.33. The highest BCUT2D eigenvalue weighted by molar-refractivity contribution is 6.33. The highest BCUT2D eigenvalue weighted by Gasteiger charge is 2.21. The molecule has 0 radical (unpaired) electrons. The molecule has 1 aliphatic rings. The second kappa shape index (κ2) is 6.90. The first-order valence-electron chi connectivity index (χ1n) is 9.66. The van der Waals surface area contributed by atoms with Crippen LogP contribution in [-0.4, -0.2) is 47.0 Å². The average molecular weight is 409 g/mol. The highest BCUT2D eigenvalue weighted by Crippen LogP contribution is 2.27. The summed E-state index contributed by atoms with van der Waals surface area (Å²) in [7, 11) is 2.15. The van der Waals surface area contributed by atoms with Crippen molar-refractivity contribution in [2.24, 2.45) is 0 Å². The lowest BCUT2D eigenvalue weighted by Gasteiger charge is -2.39. The molecule has 0 bridgehead atoms. The van der Waals surface area contributed by atoms with Gasteiger partial charge in [-0.15, -0.1) is 0 Å². The first-order chi connectivity index (χ1) is 14.0. The van der Waals surface area contributed by atoms with Gasteiger partial charge in [-0.25, -0.2) is 9.78 Å². The maximum Gasteiger partial charge on any atom is 0.345 e. The van der Waals surface area contributed by atoms with Crippen molar-refractivity contribution in [3.8, 4) is 11.3 Å². The first-order valence-corrected chi connectivity index (χ1v) is 10.0. The lowest BCUT2D eigenvalue weighted by Crippen LogP contribution is -2.50. The maximum absolute atomic E-state index is 12.7. The summed E-state index contributed by atoms with van der Waals surface area (Å²) in [6, 6.07) is 12.0. The summed E-state index contributed by atoms with van der Waals surface area (Å²) in [5, 5.41) is 1.41. The number of rotatable bonds is 2. The zero-order chi connectivity index (χ0) is 20.1. The molecule has 29 heavy (non-hydrogen) atoms. The van der Waals surface area contributed by atoms with Crippen molar-refractivity contribution in [1.29, 1.82) is 0 Å². The number of hydrogen-bond donors (Lipinski definition) is 0. The lowest BCUT2D eigenvalue weighted by molar-refractivity contribution is 0.234. The minimum atomic E-state index is -0.402. The van der Waals surface area contributed by atoms with E-state index in [2.05, 4.69) is 34.8 Å². The number of fused-ring (bicyclic) bond motifs is 2. The summed E-state index contributed by atoms with van der Waals surface area (Å²) in [6.45, 7) is 5.14. The second-order valence-electron chi connectivity index (χ2n) is 7.66. The monoisotopic (exact) mass is 408 g/mol. The van der Waals surface area contributed by atoms with E-state index in [1.54, 1.807) is 16.7 Å². The Morgan fingerprint density at radius 1 is 1.21 bits per heavy atom. The van der Waals surface area contributed by atoms with Gasteiger partial charge in [0.1, 0.15) is 5.58 Å². The van der Waals surface area contributed by atoms with E-state index in [-0.39, 0.29) is 0 Å². The Morgan fingerprint density at radius 3 is 2.86 bits per heavy atom. The summed E-state index contributed by atoms with van der Waals surface area (Å²) < 4.78 is 7.48. The zero-order valence-electron chi connectivity index (χ0n) is 16.3. The Bertz CT molecular complexity index is 1280. The number of likely N-dealkylation sites (N-methyl/N-ethyl adjacent to an activating group) is 1. The highest BCUT2D eigenvalue weighted by atomic mass is 35.5. The van der Waals surface area contributed by atoms with Crippen LogP contribution in [-0.2, 0) is 0 Å². The molecule has 1 aliphatic heterocycles. The molecule has 5 rings (SSSR count). The van der Waals surface area contributed by atoms with Crippen LogP contribution < -0.4 is 10.5 Å². The summed E-state index contributed by atoms with van der Waals surface area (Å²) in [5.74, 6) is 0. The van der Waals surface area contributed by atoms with Gasteiger partial charge in [-0.3, -0.25) is 0 Å². The van der Waals surface area contributed by atoms with Crippen molar-refractivity contribution in [3.05, 3.63) is 64.2 Å². The molecule has 1 aromatic carbocycles. The van der Waals surface area contributed by atoms with Gasteiger partial charge in [0.25, 0.3) is 0 Å². The van der Waals surface area contributed by atoms with Crippen molar-refractivity contribution in [2.75, 3.05) is 31.6 Å². The average Bonchev–Trinajstić information content (AvgIpc) is 3.14. The van der Waals surface area contributed by atoms with E-state index < -0.39 is 5.63 Å². The minimum absolute atomic E-state index is 0.402. The molecule has 1 fully saturated rings. The molecule has 1 atom stereocenters. The van der Waals surface area contributed by atoms with Crippen LogP contribution in [0.3, 0.4) is 0 Å². The third kappa shape index (κ3) is 3.18. The molecule has 4 heterocycles. The first kappa shape index (κ1) is 18.2. The van der Waals surface area contributed by atoms with Crippen molar-refractivity contribution < 1.29 is 4.42 Å². The number of imidazole rings is 1. The molecule has 0 N–H and O–H groups in total. The summed E-state index contributed by atoms with van der Waals surface area (Å²) in [6.07, 6.45) is 3.64. The number of piperazine rings is 1. The third-order valence-electron chi connectivity index (χ3n) is 5.76. The van der Waals surface area contributed by atoms with Gasteiger partial charge in [-0.1, -0.05) is 11.6 Å². The standard InChI is InChI=1S/C22H21ClN4O2/c1-14-12-26(9-8-25(14)2)16-6-5-15-10-17(22(28)29-20(15)11-16)19-13-27-7-3-4-18(23)21(27)24-19/h3-7,10-11,13-14H,8-9,12H2,1-2H3/t14-/m1/s1. The number of pyridine rings is 1. The number of benzene rings is 1. The molecule has 7 heteroatoms. The largest absolute Gasteiger partial charge is 0.422 e. The molecule has 148 valence electrons. The van der Waals surface area contributed by atoms with Gasteiger partial charge in [-0.2, -0.15) is 0 Å². The molecule has 0 spiro atoms. The van der Waals surface area contributed by atoms with Crippen LogP contribution in [0.25, 0.3) is 27.9 Å². The normalized spacial score (nSPS) is 18.0. The van der Waals surface area contributed by atoms with Gasteiger partial charge >= 0.3 is 5.63 Å². The minimum Gasteiger partial charge on any atom is -0.422 e. The quantitative estimate of drug-likeness (QED) is 0.471. The Morgan fingerprint density at radius 2 is 2.07 bits per heavy atom. The van der Waals surface area contributed by atoms with Crippen LogP contribution in [0.5, 0.6) is 0 Å². The van der Waals surface area contributed by atoms with E-state index in [1.807, 2.05) is 30.5 Å². The molecule has 3 aromatic heterocycles. The maximum atomic E-state index is 12.7. The van der Waals surface area contributed by atoms with Crippen molar-refractivity contribution in [1.82, 2.24) is 14.3 Å². The fourth-order valence-corrected chi connectivity index (χ4v) is 4.08. The molecule has 4 aromatic rings. The number of halogens is 1. The Hall–Kier alpha value is -2.83. The van der Waals surface area contributed by atoms with Crippen LogP contribution >= 0.6 is 11.6 Å². The van der Waals surface area contributed by atoms with Gasteiger partial charge in [0, 0.05) is 55.2 Å². The molecule has 0 aliphatic carbocycles. The van der Waals surface area contributed by atoms with Gasteiger partial charge in [0.2, 0.25) is 0 Å². The van der Waals surface area contributed by atoms with Crippen molar-refractivity contribution >= 4 is 33.9 Å². The summed E-state index contributed by atoms with van der Waals surface area (Å²) in [4.78, 5) is 21.9. The number of anilines is 1. The van der Waals surface area contributed by atoms with Gasteiger partial charge in [-0.05, 0) is 44.3 Å². The fourth-order valence-electron chi connectivity index (χ4n) is 3.87. The van der Waals surface area contributed by atoms with Crippen LogP contribution in [0.1, 0.15) is 6.92 Å². The van der Waals surface area contributed by atoms with Crippen LogP contribution in [0.2, 0.25) is 5.02 Å². The lowest BCUT2D eigenvalue weighted by atomic mass is 10.1. The van der Waals surface area contributed by atoms with Crippen LogP contribution in [0.4, 0.5) is 5.69 Å². The molecular weight excluding hydrogens is 388 g/mol. The van der Waals surface area contributed by atoms with Crippen LogP contribution in [0, 0.1) is 0 Å². The number of nitrogens with zero attached hydrogens (tertiary/aromatic N) is 4. The topological polar surface area (TPSA) is 54.0 Å². The summed E-state index contributed by atoms with van der Waals surface area (Å²) >= 11 is 6.21. The Balaban J connectivity index is 1.55. The van der Waals surface area contributed by atoms with E-state index >= 15 is 0 Å². The SMILES string of the molecule is C[C@@H]1CN(c2ccc3cc(-c4cn5cccc(Cl)c5n4)c(=O)oc3c2)CCN1C. The molecule has 6 nitrogen and oxygen atoms in total. The van der Waals surface area contributed by atoms with E-state index in [0.717, 1.165) is 30.7 Å². The second-order valence-corrected chi connectivity index (χ2v) is 8.07. The predicted octanol–water partition coefficient (Wildman–Crippen LogP) is 3.90. The van der Waals surface area contributed by atoms with Crippen molar-refractivity contribution in [2.45, 2.75) is 13.0 Å². The number of hydrogen-bond acceptors (Lipinski definition) is 5. The van der Waals surface area contributed by atoms with E-state index in [0.29, 0.717) is 33.6 Å². The van der Waals surface area contributed by atoms with Crippen molar-refractivity contribution in [3.63, 3.8) is 0 Å². The molecule has 0 saturated carbocycles. The van der Waals surface area contributed by atoms with E-state index in [1.165, 1.54) is 0 Å². The predicted molar refractivity (Wildman–Crippen MR) is 116 cm³/mol. The Labute approximate surface area is 172 Å². The third-order valence-corrected chi connectivity index (χ3v) is 6.05. The summed E-state index contributed by atoms with van der Waals surface area (Å²) in [5.41, 5.74) is 2.85. The van der Waals surface area contributed by atoms with Gasteiger partial charge < -0.3 is 18.6 Å².